The smallest absolute Gasteiger partial charge is 0.262 e. The maximum Gasteiger partial charge on any atom is 0.262 e. The number of hydrogen-bond donors (Lipinski definition) is 1. The fourth-order valence-electron chi connectivity index (χ4n) is 3.17. The average molecular weight is 573 g/mol. The summed E-state index contributed by atoms with van der Waals surface area (Å²) in [4.78, 5) is 16.7. The molecule has 0 bridgehead atoms. The molecule has 7 nitrogen and oxygen atoms in total. The molecule has 0 aliphatic rings. The number of allylic oxidation sites excluding steroid dienone is 1. The Bertz CT molecular complexity index is 1460. The number of nitrogens with zero attached hydrogens (tertiary/aromatic N) is 2. The van der Waals surface area contributed by atoms with Gasteiger partial charge < -0.3 is 19.2 Å². The van der Waals surface area contributed by atoms with E-state index < -0.39 is 5.91 Å². The highest BCUT2D eigenvalue weighted by Gasteiger charge is 2.16. The monoisotopic (exact) mass is 571 g/mol. The third-order valence-electron chi connectivity index (χ3n) is 4.76. The Morgan fingerprint density at radius 2 is 2.00 bits per heavy atom. The van der Waals surface area contributed by atoms with Crippen LogP contribution in [-0.4, -0.2) is 24.6 Å². The van der Waals surface area contributed by atoms with Crippen molar-refractivity contribution >= 4 is 73.5 Å². The highest BCUT2D eigenvalue weighted by molar-refractivity contribution is 9.10. The molecule has 0 saturated carbocycles. The van der Waals surface area contributed by atoms with Crippen molar-refractivity contribution in [1.29, 1.82) is 5.26 Å². The van der Waals surface area contributed by atoms with Gasteiger partial charge in [-0.1, -0.05) is 35.3 Å². The van der Waals surface area contributed by atoms with Gasteiger partial charge in [-0.3, -0.25) is 4.79 Å². The lowest BCUT2D eigenvalue weighted by Gasteiger charge is -2.14. The fraction of sp³-hybridized carbons (Fsp3) is 0.0800. The van der Waals surface area contributed by atoms with E-state index in [-0.39, 0.29) is 18.1 Å². The summed E-state index contributed by atoms with van der Waals surface area (Å²) in [6.45, 7) is -0.281. The van der Waals surface area contributed by atoms with Crippen LogP contribution in [0.2, 0.25) is 10.0 Å². The van der Waals surface area contributed by atoms with Crippen LogP contribution in [-0.2, 0) is 4.79 Å². The van der Waals surface area contributed by atoms with Crippen molar-refractivity contribution in [2.24, 2.45) is 0 Å². The first kappa shape index (κ1) is 24.6. The number of oxazole rings is 1. The number of halogens is 3. The summed E-state index contributed by atoms with van der Waals surface area (Å²) in [6, 6.07) is 17.6. The standard InChI is InChI=1S/C25H16BrCl2N3O4/c1-33-22-10-14(8-15(12-29)25-31-20-4-2-3-5-21(20)35-25)9-17(26)24(22)34-13-23(32)30-16-6-7-18(27)19(28)11-16/h2-11H,13H2,1H3,(H,30,32)/b15-8+. The maximum absolute atomic E-state index is 12.3. The minimum Gasteiger partial charge on any atom is -0.493 e. The van der Waals surface area contributed by atoms with Crippen LogP contribution in [0.15, 0.2) is 63.5 Å². The SMILES string of the molecule is COc1cc(/C=C(\C#N)c2nc3ccccc3o2)cc(Br)c1OCC(=O)Nc1ccc(Cl)c(Cl)c1. The summed E-state index contributed by atoms with van der Waals surface area (Å²) in [5.74, 6) is 0.504. The topological polar surface area (TPSA) is 97.4 Å². The molecule has 0 aliphatic carbocycles. The van der Waals surface area contributed by atoms with E-state index in [2.05, 4.69) is 32.3 Å². The molecule has 0 saturated heterocycles. The molecule has 0 radical (unpaired) electrons. The minimum atomic E-state index is -0.399. The predicted molar refractivity (Wildman–Crippen MR) is 139 cm³/mol. The van der Waals surface area contributed by atoms with Crippen LogP contribution in [0.5, 0.6) is 11.5 Å². The van der Waals surface area contributed by atoms with Gasteiger partial charge in [0.2, 0.25) is 5.89 Å². The number of amides is 1. The van der Waals surface area contributed by atoms with E-state index in [0.29, 0.717) is 48.4 Å². The molecule has 35 heavy (non-hydrogen) atoms. The van der Waals surface area contributed by atoms with Crippen molar-refractivity contribution in [2.75, 3.05) is 19.0 Å². The zero-order valence-corrected chi connectivity index (χ0v) is 21.2. The fourth-order valence-corrected chi connectivity index (χ4v) is 4.04. The van der Waals surface area contributed by atoms with Crippen molar-refractivity contribution in [3.05, 3.63) is 80.6 Å². The summed E-state index contributed by atoms with van der Waals surface area (Å²) in [5, 5.41) is 13.1. The third-order valence-corrected chi connectivity index (χ3v) is 6.09. The number of hydrogen-bond acceptors (Lipinski definition) is 6. The lowest BCUT2D eigenvalue weighted by molar-refractivity contribution is -0.118. The first-order valence-electron chi connectivity index (χ1n) is 10.1. The molecule has 4 rings (SSSR count). The summed E-state index contributed by atoms with van der Waals surface area (Å²) in [7, 11) is 1.48. The van der Waals surface area contributed by atoms with Crippen molar-refractivity contribution in [1.82, 2.24) is 4.98 Å². The van der Waals surface area contributed by atoms with Gasteiger partial charge in [-0.25, -0.2) is 4.98 Å². The number of aromatic nitrogens is 1. The number of benzene rings is 3. The lowest BCUT2D eigenvalue weighted by atomic mass is 10.1. The van der Waals surface area contributed by atoms with E-state index in [0.717, 1.165) is 0 Å². The molecular formula is C25H16BrCl2N3O4. The average Bonchev–Trinajstić information content (AvgIpc) is 3.28. The number of nitriles is 1. The van der Waals surface area contributed by atoms with E-state index >= 15 is 0 Å². The molecule has 0 aliphatic heterocycles. The Labute approximate surface area is 219 Å². The molecule has 0 atom stereocenters. The van der Waals surface area contributed by atoms with E-state index in [1.807, 2.05) is 12.1 Å². The number of anilines is 1. The van der Waals surface area contributed by atoms with Crippen LogP contribution in [0.25, 0.3) is 22.7 Å². The summed E-state index contributed by atoms with van der Waals surface area (Å²) < 4.78 is 17.4. The van der Waals surface area contributed by atoms with Crippen LogP contribution in [0.1, 0.15) is 11.5 Å². The summed E-state index contributed by atoms with van der Waals surface area (Å²) in [5.41, 5.74) is 2.61. The van der Waals surface area contributed by atoms with Gasteiger partial charge in [-0.05, 0) is 70.0 Å². The molecule has 1 N–H and O–H groups in total. The van der Waals surface area contributed by atoms with E-state index in [4.69, 9.17) is 37.1 Å². The number of para-hydroxylation sites is 2. The number of ether oxygens (including phenoxy) is 2. The van der Waals surface area contributed by atoms with Crippen LogP contribution in [0, 0.1) is 11.3 Å². The highest BCUT2D eigenvalue weighted by Crippen LogP contribution is 2.38. The minimum absolute atomic E-state index is 0.211. The Hall–Kier alpha value is -3.51. The molecule has 1 aromatic heterocycles. The first-order valence-corrected chi connectivity index (χ1v) is 11.7. The van der Waals surface area contributed by atoms with Crippen molar-refractivity contribution in [2.45, 2.75) is 0 Å². The molecule has 176 valence electrons. The first-order chi connectivity index (χ1) is 16.9. The largest absolute Gasteiger partial charge is 0.493 e. The van der Waals surface area contributed by atoms with E-state index in [1.165, 1.54) is 7.11 Å². The molecule has 0 unspecified atom stereocenters. The second-order valence-corrected chi connectivity index (χ2v) is 8.83. The van der Waals surface area contributed by atoms with Crippen LogP contribution < -0.4 is 14.8 Å². The predicted octanol–water partition coefficient (Wildman–Crippen LogP) is 6.99. The number of carbonyl (C=O) groups is 1. The van der Waals surface area contributed by atoms with Crippen LogP contribution >= 0.6 is 39.1 Å². The quantitative estimate of drug-likeness (QED) is 0.240. The molecule has 4 aromatic rings. The molecule has 0 fully saturated rings. The van der Waals surface area contributed by atoms with Gasteiger partial charge in [0.25, 0.3) is 5.91 Å². The number of nitrogens with one attached hydrogen (secondary N) is 1. The normalized spacial score (nSPS) is 11.2. The Morgan fingerprint density at radius 1 is 1.20 bits per heavy atom. The zero-order valence-electron chi connectivity index (χ0n) is 18.1. The van der Waals surface area contributed by atoms with Gasteiger partial charge in [0, 0.05) is 5.69 Å². The maximum atomic E-state index is 12.3. The van der Waals surface area contributed by atoms with Gasteiger partial charge in [0.05, 0.1) is 21.6 Å². The molecular weight excluding hydrogens is 557 g/mol. The van der Waals surface area contributed by atoms with Crippen molar-refractivity contribution in [3.8, 4) is 17.6 Å². The highest BCUT2D eigenvalue weighted by atomic mass is 79.9. The summed E-state index contributed by atoms with van der Waals surface area (Å²) >= 11 is 15.3. The van der Waals surface area contributed by atoms with Gasteiger partial charge in [-0.2, -0.15) is 5.26 Å². The van der Waals surface area contributed by atoms with Crippen LogP contribution in [0.4, 0.5) is 5.69 Å². The lowest BCUT2D eigenvalue weighted by Crippen LogP contribution is -2.20. The Balaban J connectivity index is 1.52. The van der Waals surface area contributed by atoms with Crippen molar-refractivity contribution in [3.63, 3.8) is 0 Å². The number of carbonyl (C=O) groups excluding carboxylic acids is 1. The third kappa shape index (κ3) is 5.77. The Morgan fingerprint density at radius 3 is 2.71 bits per heavy atom. The van der Waals surface area contributed by atoms with Gasteiger partial charge >= 0.3 is 0 Å². The van der Waals surface area contributed by atoms with Gasteiger partial charge in [-0.15, -0.1) is 0 Å². The number of rotatable bonds is 7. The molecule has 0 spiro atoms. The molecule has 1 heterocycles. The second kappa shape index (κ2) is 10.8. The van der Waals surface area contributed by atoms with Crippen LogP contribution in [0.3, 0.4) is 0 Å². The summed E-state index contributed by atoms with van der Waals surface area (Å²) in [6.07, 6.45) is 1.62. The van der Waals surface area contributed by atoms with Gasteiger partial charge in [0.1, 0.15) is 17.2 Å². The van der Waals surface area contributed by atoms with Crippen molar-refractivity contribution < 1.29 is 18.7 Å². The molecule has 3 aromatic carbocycles. The second-order valence-electron chi connectivity index (χ2n) is 7.16. The molecule has 10 heteroatoms. The van der Waals surface area contributed by atoms with Gasteiger partial charge in [0.15, 0.2) is 23.7 Å². The van der Waals surface area contributed by atoms with E-state index in [9.17, 15) is 10.1 Å². The Kier molecular flexibility index (Phi) is 7.61. The number of methoxy groups -OCH3 is 1. The van der Waals surface area contributed by atoms with E-state index in [1.54, 1.807) is 48.5 Å². The number of fused-ring (bicyclic) bond motifs is 1. The molecule has 1 amide bonds. The zero-order chi connectivity index (χ0) is 24.9.